The lowest BCUT2D eigenvalue weighted by atomic mass is 10.1. The maximum Gasteiger partial charge on any atom is 0.308 e. The molecule has 0 amide bonds. The van der Waals surface area contributed by atoms with E-state index in [1.165, 1.54) is 0 Å². The quantitative estimate of drug-likeness (QED) is 0.823. The van der Waals surface area contributed by atoms with Gasteiger partial charge in [0.05, 0.1) is 18.7 Å². The van der Waals surface area contributed by atoms with Crippen LogP contribution in [0.1, 0.15) is 20.8 Å². The van der Waals surface area contributed by atoms with Crippen LogP contribution in [0.2, 0.25) is 0 Å². The minimum absolute atomic E-state index is 0.413. The van der Waals surface area contributed by atoms with Gasteiger partial charge in [0.2, 0.25) is 0 Å². The van der Waals surface area contributed by atoms with Crippen molar-refractivity contribution in [3.63, 3.8) is 0 Å². The SMILES string of the molecule is COc1ccccc1N(CC(C)C)CC(C)C(=O)O. The minimum atomic E-state index is -0.774. The number of hydrogen-bond donors (Lipinski definition) is 1. The number of ether oxygens (including phenoxy) is 1. The summed E-state index contributed by atoms with van der Waals surface area (Å²) < 4.78 is 5.36. The predicted octanol–water partition coefficient (Wildman–Crippen LogP) is 2.88. The molecule has 1 N–H and O–H groups in total. The Bertz CT molecular complexity index is 418. The molecule has 106 valence electrons. The topological polar surface area (TPSA) is 49.8 Å². The lowest BCUT2D eigenvalue weighted by Gasteiger charge is -2.29. The summed E-state index contributed by atoms with van der Waals surface area (Å²) >= 11 is 0. The molecule has 1 aromatic carbocycles. The third kappa shape index (κ3) is 4.47. The zero-order valence-electron chi connectivity index (χ0n) is 12.1. The van der Waals surface area contributed by atoms with Crippen LogP contribution in [0, 0.1) is 11.8 Å². The molecule has 1 unspecified atom stereocenters. The molecule has 0 fully saturated rings. The molecule has 0 aliphatic rings. The first kappa shape index (κ1) is 15.3. The van der Waals surface area contributed by atoms with Crippen LogP contribution in [-0.4, -0.2) is 31.3 Å². The van der Waals surface area contributed by atoms with Crippen LogP contribution in [-0.2, 0) is 4.79 Å². The Morgan fingerprint density at radius 3 is 2.42 bits per heavy atom. The minimum Gasteiger partial charge on any atom is -0.495 e. The van der Waals surface area contributed by atoms with Gasteiger partial charge >= 0.3 is 5.97 Å². The monoisotopic (exact) mass is 265 g/mol. The van der Waals surface area contributed by atoms with Crippen molar-refractivity contribution in [2.45, 2.75) is 20.8 Å². The van der Waals surface area contributed by atoms with Gasteiger partial charge in [-0.15, -0.1) is 0 Å². The van der Waals surface area contributed by atoms with Crippen molar-refractivity contribution in [3.05, 3.63) is 24.3 Å². The summed E-state index contributed by atoms with van der Waals surface area (Å²) in [5, 5.41) is 9.08. The molecule has 0 aliphatic heterocycles. The lowest BCUT2D eigenvalue weighted by Crippen LogP contribution is -2.34. The number of anilines is 1. The van der Waals surface area contributed by atoms with Gasteiger partial charge in [0.25, 0.3) is 0 Å². The van der Waals surface area contributed by atoms with Crippen LogP contribution in [0.5, 0.6) is 5.75 Å². The van der Waals surface area contributed by atoms with Crippen molar-refractivity contribution < 1.29 is 14.6 Å². The van der Waals surface area contributed by atoms with E-state index < -0.39 is 11.9 Å². The van der Waals surface area contributed by atoms with E-state index in [4.69, 9.17) is 9.84 Å². The number of aliphatic carboxylic acids is 1. The number of methoxy groups -OCH3 is 1. The molecule has 1 aromatic rings. The number of rotatable bonds is 7. The van der Waals surface area contributed by atoms with E-state index in [1.54, 1.807) is 14.0 Å². The highest BCUT2D eigenvalue weighted by molar-refractivity contribution is 5.71. The van der Waals surface area contributed by atoms with Crippen molar-refractivity contribution in [1.82, 2.24) is 0 Å². The largest absolute Gasteiger partial charge is 0.495 e. The van der Waals surface area contributed by atoms with Gasteiger partial charge in [-0.05, 0) is 18.1 Å². The van der Waals surface area contributed by atoms with E-state index in [1.807, 2.05) is 24.3 Å². The molecule has 0 aliphatic carbocycles. The van der Waals surface area contributed by atoms with E-state index in [9.17, 15) is 4.79 Å². The molecule has 0 saturated carbocycles. The van der Waals surface area contributed by atoms with E-state index >= 15 is 0 Å². The van der Waals surface area contributed by atoms with E-state index in [0.717, 1.165) is 18.0 Å². The van der Waals surface area contributed by atoms with Gasteiger partial charge in [-0.1, -0.05) is 32.9 Å². The van der Waals surface area contributed by atoms with Gasteiger partial charge in [0, 0.05) is 13.1 Å². The number of carboxylic acid groups (broad SMARTS) is 1. The molecule has 0 saturated heterocycles. The second-order valence-electron chi connectivity index (χ2n) is 5.21. The number of benzene rings is 1. The van der Waals surface area contributed by atoms with E-state index in [-0.39, 0.29) is 0 Å². The fourth-order valence-corrected chi connectivity index (χ4v) is 2.01. The second kappa shape index (κ2) is 7.02. The average molecular weight is 265 g/mol. The van der Waals surface area contributed by atoms with Crippen LogP contribution >= 0.6 is 0 Å². The maximum absolute atomic E-state index is 11.0. The van der Waals surface area contributed by atoms with Crippen molar-refractivity contribution in [3.8, 4) is 5.75 Å². The standard InChI is InChI=1S/C15H23NO3/c1-11(2)9-16(10-12(3)15(17)18)13-7-5-6-8-14(13)19-4/h5-8,11-12H,9-10H2,1-4H3,(H,17,18). The average Bonchev–Trinajstić information content (AvgIpc) is 2.37. The summed E-state index contributed by atoms with van der Waals surface area (Å²) in [6.45, 7) is 7.25. The number of nitrogens with zero attached hydrogens (tertiary/aromatic N) is 1. The van der Waals surface area contributed by atoms with Crippen LogP contribution < -0.4 is 9.64 Å². The van der Waals surface area contributed by atoms with Gasteiger partial charge in [-0.25, -0.2) is 0 Å². The molecular weight excluding hydrogens is 242 g/mol. The van der Waals surface area contributed by atoms with E-state index in [2.05, 4.69) is 18.7 Å². The normalized spacial score (nSPS) is 12.3. The number of carbonyl (C=O) groups is 1. The van der Waals surface area contributed by atoms with Gasteiger partial charge in [0.1, 0.15) is 5.75 Å². The molecular formula is C15H23NO3. The van der Waals surface area contributed by atoms with Gasteiger partial charge < -0.3 is 14.7 Å². The summed E-state index contributed by atoms with van der Waals surface area (Å²) in [5.74, 6) is 0.0407. The fraction of sp³-hybridized carbons (Fsp3) is 0.533. The Balaban J connectivity index is 2.98. The molecule has 0 spiro atoms. The summed E-state index contributed by atoms with van der Waals surface area (Å²) in [4.78, 5) is 13.1. The van der Waals surface area contributed by atoms with Crippen molar-refractivity contribution in [2.24, 2.45) is 11.8 Å². The molecule has 0 heterocycles. The second-order valence-corrected chi connectivity index (χ2v) is 5.21. The lowest BCUT2D eigenvalue weighted by molar-refractivity contribution is -0.140. The number of para-hydroxylation sites is 2. The highest BCUT2D eigenvalue weighted by Gasteiger charge is 2.19. The zero-order chi connectivity index (χ0) is 14.4. The molecule has 4 nitrogen and oxygen atoms in total. The first-order chi connectivity index (χ1) is 8.95. The fourth-order valence-electron chi connectivity index (χ4n) is 2.01. The highest BCUT2D eigenvalue weighted by Crippen LogP contribution is 2.28. The van der Waals surface area contributed by atoms with Crippen molar-refractivity contribution >= 4 is 11.7 Å². The van der Waals surface area contributed by atoms with Crippen molar-refractivity contribution in [1.29, 1.82) is 0 Å². The Kier molecular flexibility index (Phi) is 5.67. The summed E-state index contributed by atoms with van der Waals surface area (Å²) in [6, 6.07) is 7.72. The molecule has 0 radical (unpaired) electrons. The van der Waals surface area contributed by atoms with Crippen LogP contribution in [0.3, 0.4) is 0 Å². The number of carboxylic acids is 1. The molecule has 19 heavy (non-hydrogen) atoms. The first-order valence-corrected chi connectivity index (χ1v) is 6.56. The first-order valence-electron chi connectivity index (χ1n) is 6.56. The Labute approximate surface area is 115 Å². The summed E-state index contributed by atoms with van der Waals surface area (Å²) in [6.07, 6.45) is 0. The maximum atomic E-state index is 11.0. The number of hydrogen-bond acceptors (Lipinski definition) is 3. The van der Waals surface area contributed by atoms with Gasteiger partial charge in [-0.3, -0.25) is 4.79 Å². The van der Waals surface area contributed by atoms with Crippen molar-refractivity contribution in [2.75, 3.05) is 25.1 Å². The molecule has 0 bridgehead atoms. The van der Waals surface area contributed by atoms with E-state index in [0.29, 0.717) is 12.5 Å². The smallest absolute Gasteiger partial charge is 0.308 e. The highest BCUT2D eigenvalue weighted by atomic mass is 16.5. The predicted molar refractivity (Wildman–Crippen MR) is 76.8 cm³/mol. The summed E-state index contributed by atoms with van der Waals surface area (Å²) in [5.41, 5.74) is 0.951. The Morgan fingerprint density at radius 1 is 1.26 bits per heavy atom. The van der Waals surface area contributed by atoms with Crippen LogP contribution in [0.4, 0.5) is 5.69 Å². The van der Waals surface area contributed by atoms with Crippen LogP contribution in [0.25, 0.3) is 0 Å². The molecule has 1 rings (SSSR count). The Hall–Kier alpha value is -1.71. The third-order valence-corrected chi connectivity index (χ3v) is 2.93. The van der Waals surface area contributed by atoms with Gasteiger partial charge in [0.15, 0.2) is 0 Å². The third-order valence-electron chi connectivity index (χ3n) is 2.93. The zero-order valence-corrected chi connectivity index (χ0v) is 12.1. The van der Waals surface area contributed by atoms with Gasteiger partial charge in [-0.2, -0.15) is 0 Å². The Morgan fingerprint density at radius 2 is 1.89 bits per heavy atom. The molecule has 0 aromatic heterocycles. The molecule has 4 heteroatoms. The molecule has 1 atom stereocenters. The van der Waals surface area contributed by atoms with Crippen LogP contribution in [0.15, 0.2) is 24.3 Å². The summed E-state index contributed by atoms with van der Waals surface area (Å²) in [7, 11) is 1.63.